The van der Waals surface area contributed by atoms with Crippen molar-refractivity contribution in [2.75, 3.05) is 18.0 Å². The zero-order valence-corrected chi connectivity index (χ0v) is 10.5. The molecule has 2 N–H and O–H groups in total. The molecule has 92 valence electrons. The van der Waals surface area contributed by atoms with Crippen molar-refractivity contribution < 1.29 is 0 Å². The van der Waals surface area contributed by atoms with Crippen LogP contribution in [0.15, 0.2) is 29.4 Å². The maximum absolute atomic E-state index is 5.28. The van der Waals surface area contributed by atoms with E-state index in [2.05, 4.69) is 34.3 Å². The van der Waals surface area contributed by atoms with Crippen molar-refractivity contribution in [3.8, 4) is 0 Å². The van der Waals surface area contributed by atoms with Gasteiger partial charge >= 0.3 is 0 Å². The predicted molar refractivity (Wildman–Crippen MR) is 73.5 cm³/mol. The van der Waals surface area contributed by atoms with Gasteiger partial charge in [0.25, 0.3) is 0 Å². The number of hydrogen-bond donors (Lipinski definition) is 1. The van der Waals surface area contributed by atoms with Crippen molar-refractivity contribution in [3.63, 3.8) is 0 Å². The maximum atomic E-state index is 5.28. The summed E-state index contributed by atoms with van der Waals surface area (Å²) in [6, 6.07) is 8.56. The molecule has 0 aromatic heterocycles. The van der Waals surface area contributed by atoms with Gasteiger partial charge < -0.3 is 10.7 Å². The molecule has 17 heavy (non-hydrogen) atoms. The van der Waals surface area contributed by atoms with Crippen molar-refractivity contribution >= 4 is 11.4 Å². The molecular formula is C14H21N3. The molecule has 0 spiro atoms. The summed E-state index contributed by atoms with van der Waals surface area (Å²) in [5, 5.41) is 3.72. The summed E-state index contributed by atoms with van der Waals surface area (Å²) in [6.07, 6.45) is 5.36. The Balaban J connectivity index is 2.11. The van der Waals surface area contributed by atoms with E-state index < -0.39 is 0 Å². The highest BCUT2D eigenvalue weighted by molar-refractivity contribution is 5.98. The molecule has 1 saturated heterocycles. The number of nitrogens with zero attached hydrogens (tertiary/aromatic N) is 2. The second-order valence-electron chi connectivity index (χ2n) is 4.66. The highest BCUT2D eigenvalue weighted by atomic mass is 15.1. The van der Waals surface area contributed by atoms with Gasteiger partial charge in [-0.3, -0.25) is 0 Å². The number of hydrazone groups is 1. The minimum Gasteiger partial charge on any atom is -0.372 e. The zero-order chi connectivity index (χ0) is 12.1. The van der Waals surface area contributed by atoms with E-state index in [1.807, 2.05) is 6.92 Å². The van der Waals surface area contributed by atoms with Gasteiger partial charge in [0.05, 0.1) is 5.71 Å². The quantitative estimate of drug-likeness (QED) is 0.483. The highest BCUT2D eigenvalue weighted by Gasteiger charge is 2.09. The van der Waals surface area contributed by atoms with Gasteiger partial charge in [-0.25, -0.2) is 0 Å². The van der Waals surface area contributed by atoms with E-state index in [1.54, 1.807) is 0 Å². The number of anilines is 1. The molecule has 1 heterocycles. The summed E-state index contributed by atoms with van der Waals surface area (Å²) in [5.41, 5.74) is 3.30. The summed E-state index contributed by atoms with van der Waals surface area (Å²) in [7, 11) is 0. The second-order valence-corrected chi connectivity index (χ2v) is 4.66. The van der Waals surface area contributed by atoms with Crippen molar-refractivity contribution in [1.82, 2.24) is 0 Å². The molecule has 1 aliphatic heterocycles. The lowest BCUT2D eigenvalue weighted by molar-refractivity contribution is 0.726. The maximum Gasteiger partial charge on any atom is 0.0641 e. The fraction of sp³-hybridized carbons (Fsp3) is 0.500. The third-order valence-corrected chi connectivity index (χ3v) is 3.45. The van der Waals surface area contributed by atoms with E-state index in [0.29, 0.717) is 0 Å². The van der Waals surface area contributed by atoms with E-state index in [9.17, 15) is 0 Å². The van der Waals surface area contributed by atoms with Gasteiger partial charge in [-0.15, -0.1) is 0 Å². The fourth-order valence-electron chi connectivity index (χ4n) is 2.32. The average molecular weight is 231 g/mol. The van der Waals surface area contributed by atoms with E-state index in [4.69, 9.17) is 5.84 Å². The highest BCUT2D eigenvalue weighted by Crippen LogP contribution is 2.20. The summed E-state index contributed by atoms with van der Waals surface area (Å²) >= 11 is 0. The van der Waals surface area contributed by atoms with Gasteiger partial charge in [-0.2, -0.15) is 5.10 Å². The lowest BCUT2D eigenvalue weighted by atomic mass is 10.1. The van der Waals surface area contributed by atoms with Crippen molar-refractivity contribution in [2.24, 2.45) is 10.9 Å². The van der Waals surface area contributed by atoms with Crippen LogP contribution in [0.5, 0.6) is 0 Å². The van der Waals surface area contributed by atoms with E-state index in [1.165, 1.54) is 44.5 Å². The van der Waals surface area contributed by atoms with Crippen molar-refractivity contribution in [2.45, 2.75) is 32.6 Å². The molecule has 0 unspecified atom stereocenters. The van der Waals surface area contributed by atoms with Gasteiger partial charge in [0.1, 0.15) is 0 Å². The number of nitrogens with two attached hydrogens (primary N) is 1. The normalized spacial score (nSPS) is 17.9. The molecule has 0 aliphatic carbocycles. The van der Waals surface area contributed by atoms with Crippen LogP contribution in [0.2, 0.25) is 0 Å². The lowest BCUT2D eigenvalue weighted by Gasteiger charge is -2.22. The van der Waals surface area contributed by atoms with Gasteiger partial charge in [0.15, 0.2) is 0 Å². The average Bonchev–Trinajstić information content (AvgIpc) is 2.67. The first-order valence-electron chi connectivity index (χ1n) is 6.41. The Hall–Kier alpha value is -1.51. The standard InChI is InChI=1S/C14H21N3/c1-12(16-15)13-6-8-14(9-7-13)17-10-4-2-3-5-11-17/h6-9H,2-5,10-11,15H2,1H3/b16-12-. The molecule has 0 saturated carbocycles. The first kappa shape index (κ1) is 12.0. The van der Waals surface area contributed by atoms with Gasteiger partial charge in [-0.05, 0) is 37.5 Å². The Morgan fingerprint density at radius 3 is 2.18 bits per heavy atom. The molecule has 0 atom stereocenters. The molecule has 0 bridgehead atoms. The minimum atomic E-state index is 0.882. The first-order valence-corrected chi connectivity index (χ1v) is 6.41. The van der Waals surface area contributed by atoms with Crippen molar-refractivity contribution in [3.05, 3.63) is 29.8 Å². The smallest absolute Gasteiger partial charge is 0.0641 e. The third-order valence-electron chi connectivity index (χ3n) is 3.45. The van der Waals surface area contributed by atoms with Gasteiger partial charge in [0, 0.05) is 18.8 Å². The molecule has 1 aliphatic rings. The SMILES string of the molecule is C/C(=N/N)c1ccc(N2CCCCCC2)cc1. The Morgan fingerprint density at radius 2 is 1.65 bits per heavy atom. The minimum absolute atomic E-state index is 0.882. The van der Waals surface area contributed by atoms with Crippen LogP contribution in [0.1, 0.15) is 38.2 Å². The predicted octanol–water partition coefficient (Wildman–Crippen LogP) is 2.75. The molecule has 2 rings (SSSR count). The molecule has 1 fully saturated rings. The summed E-state index contributed by atoms with van der Waals surface area (Å²) in [4.78, 5) is 2.48. The largest absolute Gasteiger partial charge is 0.372 e. The van der Waals surface area contributed by atoms with Crippen LogP contribution in [0.3, 0.4) is 0 Å². The molecule has 1 aromatic carbocycles. The Bertz CT molecular complexity index is 373. The van der Waals surface area contributed by atoms with Crippen LogP contribution in [0.25, 0.3) is 0 Å². The zero-order valence-electron chi connectivity index (χ0n) is 10.5. The molecular weight excluding hydrogens is 210 g/mol. The van der Waals surface area contributed by atoms with Crippen LogP contribution in [-0.2, 0) is 0 Å². The Kier molecular flexibility index (Phi) is 4.02. The summed E-state index contributed by atoms with van der Waals surface area (Å²) in [5.74, 6) is 5.28. The monoisotopic (exact) mass is 231 g/mol. The number of rotatable bonds is 2. The molecule has 3 heteroatoms. The van der Waals surface area contributed by atoms with Crippen molar-refractivity contribution in [1.29, 1.82) is 0 Å². The van der Waals surface area contributed by atoms with Crippen LogP contribution in [0, 0.1) is 0 Å². The Morgan fingerprint density at radius 1 is 1.06 bits per heavy atom. The Labute approximate surface area is 103 Å². The topological polar surface area (TPSA) is 41.6 Å². The van der Waals surface area contributed by atoms with Crippen LogP contribution in [0.4, 0.5) is 5.69 Å². The summed E-state index contributed by atoms with van der Waals surface area (Å²) < 4.78 is 0. The number of benzene rings is 1. The van der Waals surface area contributed by atoms with E-state index in [-0.39, 0.29) is 0 Å². The molecule has 1 aromatic rings. The van der Waals surface area contributed by atoms with E-state index >= 15 is 0 Å². The molecule has 0 amide bonds. The van der Waals surface area contributed by atoms with Crippen LogP contribution >= 0.6 is 0 Å². The third kappa shape index (κ3) is 2.99. The van der Waals surface area contributed by atoms with Crippen LogP contribution < -0.4 is 10.7 Å². The fourth-order valence-corrected chi connectivity index (χ4v) is 2.32. The lowest BCUT2D eigenvalue weighted by Crippen LogP contribution is -2.23. The number of hydrogen-bond acceptors (Lipinski definition) is 3. The summed E-state index contributed by atoms with van der Waals surface area (Å²) in [6.45, 7) is 4.30. The first-order chi connectivity index (χ1) is 8.31. The second kappa shape index (κ2) is 5.71. The van der Waals surface area contributed by atoms with E-state index in [0.717, 1.165) is 11.3 Å². The molecule has 3 nitrogen and oxygen atoms in total. The van der Waals surface area contributed by atoms with Gasteiger partial charge in [0.2, 0.25) is 0 Å². The van der Waals surface area contributed by atoms with Crippen LogP contribution in [-0.4, -0.2) is 18.8 Å². The molecule has 0 radical (unpaired) electrons. The van der Waals surface area contributed by atoms with Gasteiger partial charge in [-0.1, -0.05) is 25.0 Å².